The number of unbranched alkanes of at least 4 members (excludes halogenated alkanes) is 2. The topological polar surface area (TPSA) is 67.2 Å². The van der Waals surface area contributed by atoms with Gasteiger partial charge in [0, 0.05) is 6.54 Å². The fourth-order valence-corrected chi connectivity index (χ4v) is 2.55. The van der Waals surface area contributed by atoms with E-state index in [4.69, 9.17) is 5.11 Å². The van der Waals surface area contributed by atoms with Crippen LogP contribution in [0.15, 0.2) is 15.5 Å². The molecular formula is C12H20BrN3O2S. The van der Waals surface area contributed by atoms with Gasteiger partial charge in [-0.25, -0.2) is 4.68 Å². The number of aromatic nitrogens is 2. The van der Waals surface area contributed by atoms with Crippen molar-refractivity contribution in [3.63, 3.8) is 0 Å². The minimum Gasteiger partial charge on any atom is -0.394 e. The molecular weight excluding hydrogens is 330 g/mol. The van der Waals surface area contributed by atoms with Gasteiger partial charge < -0.3 is 10.4 Å². The van der Waals surface area contributed by atoms with E-state index in [-0.39, 0.29) is 18.7 Å². The van der Waals surface area contributed by atoms with Crippen LogP contribution in [0.2, 0.25) is 0 Å². The molecule has 0 atom stereocenters. The smallest absolute Gasteiger partial charge is 0.283 e. The summed E-state index contributed by atoms with van der Waals surface area (Å²) in [5.74, 6) is 1.20. The molecule has 0 aliphatic heterocycles. The van der Waals surface area contributed by atoms with Gasteiger partial charge in [0.1, 0.15) is 4.47 Å². The Morgan fingerprint density at radius 3 is 2.95 bits per heavy atom. The van der Waals surface area contributed by atoms with Gasteiger partial charge in [-0.2, -0.15) is 16.9 Å². The number of nitrogens with one attached hydrogen (secondary N) is 1. The van der Waals surface area contributed by atoms with Gasteiger partial charge in [0.2, 0.25) is 0 Å². The molecule has 108 valence electrons. The van der Waals surface area contributed by atoms with Gasteiger partial charge in [-0.3, -0.25) is 4.79 Å². The van der Waals surface area contributed by atoms with Crippen LogP contribution in [-0.4, -0.2) is 40.0 Å². The molecule has 2 N–H and O–H groups in total. The summed E-state index contributed by atoms with van der Waals surface area (Å²) in [4.78, 5) is 11.9. The molecule has 1 aromatic rings. The van der Waals surface area contributed by atoms with Crippen molar-refractivity contribution in [2.45, 2.75) is 25.8 Å². The second-order valence-electron chi connectivity index (χ2n) is 4.10. The average molecular weight is 350 g/mol. The van der Waals surface area contributed by atoms with Crippen LogP contribution >= 0.6 is 27.7 Å². The van der Waals surface area contributed by atoms with Crippen LogP contribution in [0.5, 0.6) is 0 Å². The van der Waals surface area contributed by atoms with Gasteiger partial charge in [-0.05, 0) is 40.8 Å². The molecule has 0 spiro atoms. The Bertz CT molecular complexity index is 439. The van der Waals surface area contributed by atoms with Gasteiger partial charge in [0.25, 0.3) is 5.56 Å². The number of hydrogen-bond donors (Lipinski definition) is 2. The average Bonchev–Trinajstić information content (AvgIpc) is 2.41. The summed E-state index contributed by atoms with van der Waals surface area (Å²) in [5.41, 5.74) is 0.491. The van der Waals surface area contributed by atoms with Crippen LogP contribution in [0.25, 0.3) is 0 Å². The summed E-state index contributed by atoms with van der Waals surface area (Å²) in [6.45, 7) is 0.950. The third-order valence-electron chi connectivity index (χ3n) is 2.64. The minimum atomic E-state index is -0.221. The number of thioether (sulfide) groups is 1. The number of rotatable bonds is 9. The van der Waals surface area contributed by atoms with Crippen molar-refractivity contribution in [1.82, 2.24) is 9.78 Å². The highest BCUT2D eigenvalue weighted by Gasteiger charge is 2.07. The maximum atomic E-state index is 11.9. The van der Waals surface area contributed by atoms with Crippen molar-refractivity contribution in [3.8, 4) is 0 Å². The Labute approximate surface area is 125 Å². The molecule has 19 heavy (non-hydrogen) atoms. The van der Waals surface area contributed by atoms with Crippen LogP contribution < -0.4 is 10.9 Å². The highest BCUT2D eigenvalue weighted by Crippen LogP contribution is 2.16. The Morgan fingerprint density at radius 2 is 2.26 bits per heavy atom. The highest BCUT2D eigenvalue weighted by atomic mass is 79.9. The maximum Gasteiger partial charge on any atom is 0.283 e. The molecule has 1 heterocycles. The summed E-state index contributed by atoms with van der Waals surface area (Å²) < 4.78 is 1.72. The molecule has 0 saturated heterocycles. The SMILES string of the molecule is CSCCCCCNc1cnn(CCO)c(=O)c1Br. The Hall–Kier alpha value is -0.530. The summed E-state index contributed by atoms with van der Waals surface area (Å²) in [6.07, 6.45) is 7.21. The fraction of sp³-hybridized carbons (Fsp3) is 0.667. The molecule has 0 amide bonds. The van der Waals surface area contributed by atoms with Gasteiger partial charge in [0.15, 0.2) is 0 Å². The van der Waals surface area contributed by atoms with Crippen LogP contribution in [0, 0.1) is 0 Å². The highest BCUT2D eigenvalue weighted by molar-refractivity contribution is 9.10. The molecule has 0 aromatic carbocycles. The lowest BCUT2D eigenvalue weighted by Crippen LogP contribution is -2.26. The molecule has 0 bridgehead atoms. The van der Waals surface area contributed by atoms with E-state index in [1.165, 1.54) is 23.3 Å². The number of anilines is 1. The van der Waals surface area contributed by atoms with Gasteiger partial charge in [-0.1, -0.05) is 6.42 Å². The molecule has 0 unspecified atom stereocenters. The summed E-state index contributed by atoms with van der Waals surface area (Å²) >= 11 is 5.14. The van der Waals surface area contributed by atoms with E-state index in [9.17, 15) is 4.79 Å². The monoisotopic (exact) mass is 349 g/mol. The summed E-state index contributed by atoms with van der Waals surface area (Å²) in [7, 11) is 0. The molecule has 1 rings (SSSR count). The van der Waals surface area contributed by atoms with Crippen LogP contribution in [0.3, 0.4) is 0 Å². The molecule has 0 fully saturated rings. The van der Waals surface area contributed by atoms with Gasteiger partial charge in [0.05, 0.1) is 25.0 Å². The molecule has 0 aliphatic carbocycles. The van der Waals surface area contributed by atoms with Gasteiger partial charge >= 0.3 is 0 Å². The van der Waals surface area contributed by atoms with E-state index in [2.05, 4.69) is 32.6 Å². The van der Waals surface area contributed by atoms with Crippen molar-refractivity contribution in [2.75, 3.05) is 30.5 Å². The second-order valence-corrected chi connectivity index (χ2v) is 5.88. The second kappa shape index (κ2) is 9.39. The Kier molecular flexibility index (Phi) is 8.16. The molecule has 1 aromatic heterocycles. The van der Waals surface area contributed by atoms with Crippen LogP contribution in [0.1, 0.15) is 19.3 Å². The third kappa shape index (κ3) is 5.54. The lowest BCUT2D eigenvalue weighted by atomic mass is 10.2. The van der Waals surface area contributed by atoms with Gasteiger partial charge in [-0.15, -0.1) is 0 Å². The van der Waals surface area contributed by atoms with Crippen LogP contribution in [0.4, 0.5) is 5.69 Å². The minimum absolute atomic E-state index is 0.0957. The number of nitrogens with zero attached hydrogens (tertiary/aromatic N) is 2. The van der Waals surface area contributed by atoms with Crippen molar-refractivity contribution >= 4 is 33.4 Å². The summed E-state index contributed by atoms with van der Waals surface area (Å²) in [5, 5.41) is 16.0. The van der Waals surface area contributed by atoms with E-state index in [0.29, 0.717) is 10.2 Å². The standard InChI is InChI=1S/C12H20BrN3O2S/c1-19-8-4-2-3-5-14-10-9-15-16(6-7-17)12(18)11(10)13/h9,14,17H,2-8H2,1H3. The third-order valence-corrected chi connectivity index (χ3v) is 4.10. The zero-order valence-electron chi connectivity index (χ0n) is 11.1. The van der Waals surface area contributed by atoms with Crippen molar-refractivity contribution < 1.29 is 5.11 Å². The first-order chi connectivity index (χ1) is 9.20. The number of aliphatic hydroxyl groups is 1. The predicted molar refractivity (Wildman–Crippen MR) is 84.0 cm³/mol. The maximum absolute atomic E-state index is 11.9. The van der Waals surface area contributed by atoms with Crippen molar-refractivity contribution in [3.05, 3.63) is 21.0 Å². The van der Waals surface area contributed by atoms with Crippen LogP contribution in [-0.2, 0) is 6.54 Å². The molecule has 0 aliphatic rings. The largest absolute Gasteiger partial charge is 0.394 e. The quantitative estimate of drug-likeness (QED) is 0.667. The van der Waals surface area contributed by atoms with Crippen molar-refractivity contribution in [2.24, 2.45) is 0 Å². The van der Waals surface area contributed by atoms with E-state index >= 15 is 0 Å². The molecule has 0 radical (unpaired) electrons. The van der Waals surface area contributed by atoms with E-state index in [1.807, 2.05) is 11.8 Å². The first-order valence-corrected chi connectivity index (χ1v) is 8.48. The lowest BCUT2D eigenvalue weighted by molar-refractivity contribution is 0.266. The predicted octanol–water partition coefficient (Wildman–Crippen LogP) is 1.94. The number of aliphatic hydroxyl groups excluding tert-OH is 1. The molecule has 7 heteroatoms. The van der Waals surface area contributed by atoms with E-state index in [0.717, 1.165) is 13.0 Å². The Balaban J connectivity index is 2.46. The molecule has 5 nitrogen and oxygen atoms in total. The zero-order chi connectivity index (χ0) is 14.1. The van der Waals surface area contributed by atoms with E-state index < -0.39 is 0 Å². The first kappa shape index (κ1) is 16.5. The summed E-state index contributed by atoms with van der Waals surface area (Å²) in [6, 6.07) is 0. The first-order valence-electron chi connectivity index (χ1n) is 6.30. The number of halogens is 1. The fourth-order valence-electron chi connectivity index (χ4n) is 1.61. The normalized spacial score (nSPS) is 10.7. The lowest BCUT2D eigenvalue weighted by Gasteiger charge is -2.09. The van der Waals surface area contributed by atoms with E-state index in [1.54, 1.807) is 6.20 Å². The number of hydrogen-bond acceptors (Lipinski definition) is 5. The zero-order valence-corrected chi connectivity index (χ0v) is 13.5. The molecule has 0 saturated carbocycles. The Morgan fingerprint density at radius 1 is 1.47 bits per heavy atom. The van der Waals surface area contributed by atoms with Crippen molar-refractivity contribution in [1.29, 1.82) is 0 Å².